The maximum absolute atomic E-state index is 13.7. The summed E-state index contributed by atoms with van der Waals surface area (Å²) < 4.78 is 20.6. The Morgan fingerprint density at radius 2 is 2.05 bits per heavy atom. The van der Waals surface area contributed by atoms with Crippen molar-refractivity contribution in [1.82, 2.24) is 14.5 Å². The minimum atomic E-state index is -0.441. The Balaban J connectivity index is 1.96. The van der Waals surface area contributed by atoms with Crippen LogP contribution in [0.1, 0.15) is 5.56 Å². The number of rotatable bonds is 4. The highest BCUT2D eigenvalue weighted by Crippen LogP contribution is 2.26. The molecule has 2 N–H and O–H groups in total. The predicted octanol–water partition coefficient (Wildman–Crippen LogP) is 2.40. The number of hydrogen-bond acceptors (Lipinski definition) is 4. The minimum absolute atomic E-state index is 0.188. The first kappa shape index (κ1) is 13.4. The van der Waals surface area contributed by atoms with Gasteiger partial charge in [0.15, 0.2) is 11.6 Å². The van der Waals surface area contributed by atoms with Gasteiger partial charge in [0.1, 0.15) is 0 Å². The normalized spacial score (nSPS) is 11.0. The van der Waals surface area contributed by atoms with Crippen LogP contribution in [0.5, 0.6) is 5.75 Å². The standard InChI is InChI=1S/C15H15FN4O/c1-21-14-9-13-12(8-11(14)16)19-15(17)20(13)7-4-10-2-5-18-6-3-10/h2-3,5-6,8-9H,4,7H2,1H3,(H2,17,19). The van der Waals surface area contributed by atoms with E-state index in [-0.39, 0.29) is 5.75 Å². The topological polar surface area (TPSA) is 66.0 Å². The molecule has 0 saturated carbocycles. The van der Waals surface area contributed by atoms with Gasteiger partial charge in [-0.15, -0.1) is 0 Å². The molecule has 21 heavy (non-hydrogen) atoms. The molecule has 0 amide bonds. The number of ether oxygens (including phenoxy) is 1. The van der Waals surface area contributed by atoms with Gasteiger partial charge in [-0.1, -0.05) is 0 Å². The first-order chi connectivity index (χ1) is 10.2. The average Bonchev–Trinajstić information content (AvgIpc) is 2.79. The molecule has 0 fully saturated rings. The highest BCUT2D eigenvalue weighted by Gasteiger charge is 2.13. The Labute approximate surface area is 121 Å². The highest BCUT2D eigenvalue weighted by molar-refractivity contribution is 5.80. The van der Waals surface area contributed by atoms with Gasteiger partial charge in [-0.05, 0) is 24.1 Å². The van der Waals surface area contributed by atoms with Crippen molar-refractivity contribution in [3.05, 3.63) is 48.0 Å². The number of hydrogen-bond donors (Lipinski definition) is 1. The van der Waals surface area contributed by atoms with Crippen LogP contribution in [0, 0.1) is 5.82 Å². The molecule has 0 aliphatic rings. The van der Waals surface area contributed by atoms with Crippen LogP contribution in [0.4, 0.5) is 10.3 Å². The average molecular weight is 286 g/mol. The summed E-state index contributed by atoms with van der Waals surface area (Å²) in [7, 11) is 1.44. The van der Waals surface area contributed by atoms with Crippen molar-refractivity contribution in [2.75, 3.05) is 12.8 Å². The Morgan fingerprint density at radius 1 is 1.29 bits per heavy atom. The van der Waals surface area contributed by atoms with Gasteiger partial charge in [-0.2, -0.15) is 0 Å². The summed E-state index contributed by atoms with van der Waals surface area (Å²) in [5, 5.41) is 0. The lowest BCUT2D eigenvalue weighted by Crippen LogP contribution is -2.05. The van der Waals surface area contributed by atoms with Gasteiger partial charge in [0.25, 0.3) is 0 Å². The first-order valence-electron chi connectivity index (χ1n) is 6.57. The number of halogens is 1. The summed E-state index contributed by atoms with van der Waals surface area (Å²) in [6, 6.07) is 6.87. The molecular weight excluding hydrogens is 271 g/mol. The van der Waals surface area contributed by atoms with Crippen molar-refractivity contribution in [3.8, 4) is 5.75 Å². The number of imidazole rings is 1. The number of pyridine rings is 1. The molecule has 0 saturated heterocycles. The van der Waals surface area contributed by atoms with Crippen LogP contribution in [0.25, 0.3) is 11.0 Å². The van der Waals surface area contributed by atoms with Crippen molar-refractivity contribution in [2.45, 2.75) is 13.0 Å². The summed E-state index contributed by atoms with van der Waals surface area (Å²) in [4.78, 5) is 8.18. The molecule has 3 rings (SSSR count). The molecule has 5 nitrogen and oxygen atoms in total. The number of nitrogen functional groups attached to an aromatic ring is 1. The summed E-state index contributed by atoms with van der Waals surface area (Å²) in [5.41, 5.74) is 8.38. The van der Waals surface area contributed by atoms with E-state index in [0.29, 0.717) is 18.0 Å². The van der Waals surface area contributed by atoms with Crippen LogP contribution in [-0.4, -0.2) is 21.6 Å². The van der Waals surface area contributed by atoms with Crippen molar-refractivity contribution < 1.29 is 9.13 Å². The lowest BCUT2D eigenvalue weighted by Gasteiger charge is -2.08. The molecule has 0 spiro atoms. The maximum Gasteiger partial charge on any atom is 0.201 e. The molecule has 0 unspecified atom stereocenters. The van der Waals surface area contributed by atoms with E-state index in [9.17, 15) is 4.39 Å². The largest absolute Gasteiger partial charge is 0.494 e. The molecule has 0 radical (unpaired) electrons. The van der Waals surface area contributed by atoms with Crippen LogP contribution in [-0.2, 0) is 13.0 Å². The molecule has 6 heteroatoms. The number of anilines is 1. The third-order valence-corrected chi connectivity index (χ3v) is 3.42. The molecule has 0 bridgehead atoms. The fourth-order valence-electron chi connectivity index (χ4n) is 2.33. The SMILES string of the molecule is COc1cc2c(cc1F)nc(N)n2CCc1ccncc1. The van der Waals surface area contributed by atoms with E-state index in [1.54, 1.807) is 18.5 Å². The van der Waals surface area contributed by atoms with E-state index in [2.05, 4.69) is 9.97 Å². The lowest BCUT2D eigenvalue weighted by molar-refractivity contribution is 0.387. The lowest BCUT2D eigenvalue weighted by atomic mass is 10.2. The van der Waals surface area contributed by atoms with Crippen LogP contribution in [0.2, 0.25) is 0 Å². The van der Waals surface area contributed by atoms with Gasteiger partial charge in [0.05, 0.1) is 18.1 Å². The summed E-state index contributed by atoms with van der Waals surface area (Å²) in [6.07, 6.45) is 4.30. The second kappa shape index (κ2) is 5.40. The first-order valence-corrected chi connectivity index (χ1v) is 6.57. The number of methoxy groups -OCH3 is 1. The minimum Gasteiger partial charge on any atom is -0.494 e. The Bertz CT molecular complexity index is 770. The molecule has 3 aromatic rings. The van der Waals surface area contributed by atoms with Gasteiger partial charge in [0, 0.05) is 31.1 Å². The summed E-state index contributed by atoms with van der Waals surface area (Å²) in [6.45, 7) is 0.654. The number of benzene rings is 1. The van der Waals surface area contributed by atoms with Gasteiger partial charge >= 0.3 is 0 Å². The molecule has 0 aliphatic heterocycles. The zero-order valence-electron chi connectivity index (χ0n) is 11.6. The zero-order chi connectivity index (χ0) is 14.8. The third-order valence-electron chi connectivity index (χ3n) is 3.42. The van der Waals surface area contributed by atoms with E-state index in [0.717, 1.165) is 17.5 Å². The summed E-state index contributed by atoms with van der Waals surface area (Å²) >= 11 is 0. The molecular formula is C15H15FN4O. The molecule has 0 aliphatic carbocycles. The molecule has 108 valence electrons. The van der Waals surface area contributed by atoms with Crippen LogP contribution >= 0.6 is 0 Å². The number of fused-ring (bicyclic) bond motifs is 1. The number of nitrogens with two attached hydrogens (primary N) is 1. The van der Waals surface area contributed by atoms with Crippen LogP contribution < -0.4 is 10.5 Å². The van der Waals surface area contributed by atoms with E-state index in [1.165, 1.54) is 13.2 Å². The molecule has 2 aromatic heterocycles. The van der Waals surface area contributed by atoms with Crippen LogP contribution in [0.3, 0.4) is 0 Å². The Hall–Kier alpha value is -2.63. The van der Waals surface area contributed by atoms with Crippen LogP contribution in [0.15, 0.2) is 36.7 Å². The van der Waals surface area contributed by atoms with Gasteiger partial charge < -0.3 is 15.0 Å². The molecule has 2 heterocycles. The van der Waals surface area contributed by atoms with E-state index in [1.807, 2.05) is 16.7 Å². The number of nitrogens with zero attached hydrogens (tertiary/aromatic N) is 3. The van der Waals surface area contributed by atoms with Gasteiger partial charge in [-0.3, -0.25) is 4.98 Å². The van der Waals surface area contributed by atoms with Crippen molar-refractivity contribution in [1.29, 1.82) is 0 Å². The van der Waals surface area contributed by atoms with E-state index >= 15 is 0 Å². The van der Waals surface area contributed by atoms with Crippen molar-refractivity contribution in [3.63, 3.8) is 0 Å². The predicted molar refractivity (Wildman–Crippen MR) is 78.6 cm³/mol. The third kappa shape index (κ3) is 2.52. The molecule has 0 atom stereocenters. The zero-order valence-corrected chi connectivity index (χ0v) is 11.6. The quantitative estimate of drug-likeness (QED) is 0.800. The second-order valence-electron chi connectivity index (χ2n) is 4.70. The Morgan fingerprint density at radius 3 is 2.76 bits per heavy atom. The fraction of sp³-hybridized carbons (Fsp3) is 0.200. The maximum atomic E-state index is 13.7. The van der Waals surface area contributed by atoms with Gasteiger partial charge in [-0.25, -0.2) is 9.37 Å². The highest BCUT2D eigenvalue weighted by atomic mass is 19.1. The van der Waals surface area contributed by atoms with Gasteiger partial charge in [0.2, 0.25) is 5.95 Å². The van der Waals surface area contributed by atoms with E-state index < -0.39 is 5.82 Å². The molecule has 1 aromatic carbocycles. The van der Waals surface area contributed by atoms with E-state index in [4.69, 9.17) is 10.5 Å². The Kier molecular flexibility index (Phi) is 3.43. The summed E-state index contributed by atoms with van der Waals surface area (Å²) in [5.74, 6) is 0.114. The monoisotopic (exact) mass is 286 g/mol. The smallest absolute Gasteiger partial charge is 0.201 e. The van der Waals surface area contributed by atoms with Crippen molar-refractivity contribution in [2.24, 2.45) is 0 Å². The second-order valence-corrected chi connectivity index (χ2v) is 4.70. The van der Waals surface area contributed by atoms with Crippen molar-refractivity contribution >= 4 is 17.0 Å². The number of aromatic nitrogens is 3. The fourth-order valence-corrected chi connectivity index (χ4v) is 2.33. The number of aryl methyl sites for hydroxylation is 2.